The molecule has 0 unspecified atom stereocenters. The predicted octanol–water partition coefficient (Wildman–Crippen LogP) is 29.7. The summed E-state index contributed by atoms with van der Waals surface area (Å²) in [4.78, 5) is 75.3. The number of benzene rings is 20. The number of hydrogen-bond donors (Lipinski definition) is 0. The van der Waals surface area contributed by atoms with Gasteiger partial charge in [0.2, 0.25) is 0 Å². The van der Waals surface area contributed by atoms with Gasteiger partial charge < -0.3 is 36.5 Å². The summed E-state index contributed by atoms with van der Waals surface area (Å²) in [7, 11) is 0. The van der Waals surface area contributed by atoms with E-state index in [0.29, 0.717) is 68.0 Å². The van der Waals surface area contributed by atoms with E-state index in [1.165, 1.54) is 9.80 Å². The van der Waals surface area contributed by atoms with Crippen LogP contribution in [0.15, 0.2) is 437 Å². The topological polar surface area (TPSA) is 114 Å². The van der Waals surface area contributed by atoms with E-state index in [1.54, 1.807) is 0 Å². The number of amides is 4. The van der Waals surface area contributed by atoms with E-state index in [0.717, 1.165) is 174 Å². The first-order valence-corrected chi connectivity index (χ1v) is 46.7. The molecule has 0 saturated heterocycles. The second-order valence-electron chi connectivity index (χ2n) is 36.2. The van der Waals surface area contributed by atoms with Gasteiger partial charge in [-0.3, -0.25) is 19.2 Å². The van der Waals surface area contributed by atoms with Gasteiger partial charge in [0.25, 0.3) is 23.6 Å². The Hall–Kier alpha value is -18.9. The van der Waals surface area contributed by atoms with E-state index in [4.69, 9.17) is 0 Å². The van der Waals surface area contributed by atoms with Crippen LogP contribution in [0.3, 0.4) is 0 Å². The molecule has 10 heterocycles. The highest BCUT2D eigenvalue weighted by molar-refractivity contribution is 6.41. The van der Waals surface area contributed by atoms with E-state index in [2.05, 4.69) is 425 Å². The molecule has 30 rings (SSSR count). The second kappa shape index (κ2) is 28.3. The van der Waals surface area contributed by atoms with E-state index in [9.17, 15) is 0 Å². The van der Waals surface area contributed by atoms with Crippen LogP contribution in [0.2, 0.25) is 0 Å². The van der Waals surface area contributed by atoms with Crippen LogP contribution in [0, 0.1) is 0 Å². The maximum Gasteiger partial charge on any atom is 0.268 e. The summed E-state index contributed by atoms with van der Waals surface area (Å²) in [5.74, 6) is -2.17. The number of rotatable bonds is 11. The second-order valence-corrected chi connectivity index (χ2v) is 36.2. The van der Waals surface area contributed by atoms with Crippen molar-refractivity contribution in [3.8, 4) is 56.6 Å². The molecular weight excluding hydrogens is 1690 g/mol. The van der Waals surface area contributed by atoms with Crippen LogP contribution < -0.4 is 9.80 Å². The highest BCUT2D eigenvalue weighted by atomic mass is 16.2. The first kappa shape index (κ1) is 75.7. The van der Waals surface area contributed by atoms with E-state index < -0.39 is 23.6 Å². The summed E-state index contributed by atoms with van der Waals surface area (Å²) in [5.41, 5.74) is 21.0. The molecule has 0 atom stereocenters. The standard InChI is InChI=1S/C124H72N10O4/c135-121-109-110(114(128-95-57-19-3-41-79(95)80-42-4-20-58-96(80)128)118(132-103-65-27-11-49-87(103)88-50-12-28-66-104(88)132)117(131-101-63-25-9-47-85(101)86-48-10-26-64-102(86)131)113(109)127-93-55-17-1-39-77(93)78-40-2-18-56-94(78)127)122(136)125(121)75-37-33-35-73(71-75)74-36-34-38-76(72-74)126-123(137)111-112(124(126)138)116(130-99-61-23-7-45-83(99)84-46-8-24-62-100(84)130)120(134-107-69-31-15-53-91(107)92-54-16-32-70-108(92)134)119(133-105-67-29-13-51-89(105)90-52-14-30-68-106(90)133)115(111)129-97-59-21-5-43-81(97)82-44-6-22-60-98(82)129/h1-72H. The number of imide groups is 2. The summed E-state index contributed by atoms with van der Waals surface area (Å²) in [6, 6.07) is 150. The Labute approximate surface area is 785 Å². The molecule has 0 fully saturated rings. The Morgan fingerprint density at radius 1 is 0.123 bits per heavy atom. The molecular formula is C124H72N10O4. The van der Waals surface area contributed by atoms with Crippen LogP contribution in [0.25, 0.3) is 231 Å². The Bertz CT molecular complexity index is 8850. The average molecular weight is 1770 g/mol. The fourth-order valence-corrected chi connectivity index (χ4v) is 24.0. The molecule has 138 heavy (non-hydrogen) atoms. The summed E-state index contributed by atoms with van der Waals surface area (Å²) in [5, 5.41) is 15.7. The quantitative estimate of drug-likeness (QED) is 0.120. The van der Waals surface area contributed by atoms with Crippen LogP contribution in [0.5, 0.6) is 0 Å². The van der Waals surface area contributed by atoms with Gasteiger partial charge in [-0.25, -0.2) is 9.80 Å². The van der Waals surface area contributed by atoms with Crippen molar-refractivity contribution >= 4 is 209 Å². The van der Waals surface area contributed by atoms with Gasteiger partial charge in [0.15, 0.2) is 0 Å². The van der Waals surface area contributed by atoms with E-state index in [-0.39, 0.29) is 22.3 Å². The molecule has 0 N–H and O–H groups in total. The molecule has 0 radical (unpaired) electrons. The van der Waals surface area contributed by atoms with E-state index >= 15 is 19.2 Å². The zero-order chi connectivity index (χ0) is 90.7. The molecule has 8 aromatic heterocycles. The number of aromatic nitrogens is 8. The van der Waals surface area contributed by atoms with E-state index in [1.807, 2.05) is 48.5 Å². The van der Waals surface area contributed by atoms with Crippen LogP contribution in [-0.2, 0) is 0 Å². The number of nitrogens with zero attached hydrogens (tertiary/aromatic N) is 10. The van der Waals surface area contributed by atoms with Crippen molar-refractivity contribution in [2.24, 2.45) is 0 Å². The van der Waals surface area contributed by atoms with Crippen LogP contribution >= 0.6 is 0 Å². The minimum atomic E-state index is -0.541. The zero-order valence-corrected chi connectivity index (χ0v) is 73.7. The molecule has 28 aromatic rings. The minimum Gasteiger partial charge on any atom is -0.306 e. The lowest BCUT2D eigenvalue weighted by Crippen LogP contribution is -2.30. The number of hydrogen-bond acceptors (Lipinski definition) is 4. The fraction of sp³-hybridized carbons (Fsp3) is 0. The highest BCUT2D eigenvalue weighted by Gasteiger charge is 2.50. The molecule has 14 nitrogen and oxygen atoms in total. The fourth-order valence-electron chi connectivity index (χ4n) is 24.0. The van der Waals surface area contributed by atoms with Gasteiger partial charge >= 0.3 is 0 Å². The largest absolute Gasteiger partial charge is 0.306 e. The molecule has 642 valence electrons. The lowest BCUT2D eigenvalue weighted by molar-refractivity contribution is 0.0910. The van der Waals surface area contributed by atoms with Crippen molar-refractivity contribution in [3.05, 3.63) is 459 Å². The van der Waals surface area contributed by atoms with Crippen molar-refractivity contribution in [1.82, 2.24) is 36.5 Å². The van der Waals surface area contributed by atoms with Gasteiger partial charge in [0.1, 0.15) is 0 Å². The third kappa shape index (κ3) is 10.0. The van der Waals surface area contributed by atoms with Gasteiger partial charge in [0, 0.05) is 86.2 Å². The molecule has 14 heteroatoms. The van der Waals surface area contributed by atoms with Crippen molar-refractivity contribution < 1.29 is 19.2 Å². The Morgan fingerprint density at radius 2 is 0.246 bits per heavy atom. The van der Waals surface area contributed by atoms with Gasteiger partial charge in [-0.15, -0.1) is 0 Å². The predicted molar refractivity (Wildman–Crippen MR) is 562 cm³/mol. The number of para-hydroxylation sites is 16. The summed E-state index contributed by atoms with van der Waals surface area (Å²) < 4.78 is 18.4. The minimum absolute atomic E-state index is 0.200. The zero-order valence-electron chi connectivity index (χ0n) is 73.7. The molecule has 0 bridgehead atoms. The van der Waals surface area contributed by atoms with Crippen LogP contribution in [0.4, 0.5) is 11.4 Å². The monoisotopic (exact) mass is 1760 g/mol. The van der Waals surface area contributed by atoms with Gasteiger partial charge in [-0.05, 0) is 132 Å². The molecule has 4 amide bonds. The van der Waals surface area contributed by atoms with Crippen molar-refractivity contribution in [2.75, 3.05) is 9.80 Å². The number of fused-ring (bicyclic) bond motifs is 26. The number of carbonyl (C=O) groups is 4. The number of anilines is 2. The van der Waals surface area contributed by atoms with Crippen LogP contribution in [-0.4, -0.2) is 60.2 Å². The molecule has 0 aliphatic carbocycles. The van der Waals surface area contributed by atoms with Crippen molar-refractivity contribution in [3.63, 3.8) is 0 Å². The van der Waals surface area contributed by atoms with Crippen molar-refractivity contribution in [2.45, 2.75) is 0 Å². The first-order valence-electron chi connectivity index (χ1n) is 46.7. The third-order valence-corrected chi connectivity index (χ3v) is 29.4. The normalized spacial score (nSPS) is 13.1. The molecule has 0 saturated carbocycles. The highest BCUT2D eigenvalue weighted by Crippen LogP contribution is 2.56. The molecule has 2 aliphatic heterocycles. The third-order valence-electron chi connectivity index (χ3n) is 29.4. The lowest BCUT2D eigenvalue weighted by atomic mass is 9.98. The smallest absolute Gasteiger partial charge is 0.268 e. The van der Waals surface area contributed by atoms with Gasteiger partial charge in [-0.2, -0.15) is 0 Å². The summed E-state index contributed by atoms with van der Waals surface area (Å²) in [6.45, 7) is 0. The Balaban J connectivity index is 0.691. The van der Waals surface area contributed by atoms with Crippen LogP contribution in [0.1, 0.15) is 41.4 Å². The summed E-state index contributed by atoms with van der Waals surface area (Å²) >= 11 is 0. The SMILES string of the molecule is O=C1c2c(c(-n3c4ccccc4c4ccccc43)c(-n3c4ccccc4c4ccccc43)c(-n3c4ccccc4c4ccccc43)c2-n2c3ccccc3c3ccccc32)C(=O)N1c1cccc(-c2cccc(N3C(=O)c4c(c(-n5c6ccccc6c6ccccc65)c(-n5c6ccccc6c6ccccc65)c(-n5c6ccccc6c6ccccc65)c4-n4c5ccccc5c5ccccc54)C3=O)c2)c1. The maximum absolute atomic E-state index is 18.1. The van der Waals surface area contributed by atoms with Gasteiger partial charge in [0.05, 0.1) is 167 Å². The Morgan fingerprint density at radius 3 is 0.384 bits per heavy atom. The average Bonchev–Trinajstić information content (AvgIpc) is 1.51. The molecule has 2 aliphatic rings. The molecule has 0 spiro atoms. The summed E-state index contributed by atoms with van der Waals surface area (Å²) in [6.07, 6.45) is 0. The first-order chi connectivity index (χ1) is 68.3. The van der Waals surface area contributed by atoms with Crippen molar-refractivity contribution in [1.29, 1.82) is 0 Å². The van der Waals surface area contributed by atoms with Gasteiger partial charge in [-0.1, -0.05) is 315 Å². The lowest BCUT2D eigenvalue weighted by Gasteiger charge is -2.28. The number of carbonyl (C=O) groups excluding carboxylic acids is 4. The Kier molecular flexibility index (Phi) is 15.5. The molecule has 20 aromatic carbocycles. The maximum atomic E-state index is 18.1.